The Hall–Kier alpha value is -4.58. The Kier molecular flexibility index (Phi) is 6.25. The second kappa shape index (κ2) is 9.26. The molecule has 2 aromatic carbocycles. The molecule has 0 radical (unpaired) electrons. The number of benzene rings is 2. The van der Waals surface area contributed by atoms with Crippen molar-refractivity contribution in [1.82, 2.24) is 4.90 Å². The van der Waals surface area contributed by atoms with Crippen LogP contribution in [0.4, 0.5) is 0 Å². The third kappa shape index (κ3) is 3.55. The van der Waals surface area contributed by atoms with Gasteiger partial charge in [0.25, 0.3) is 5.91 Å². The molecule has 11 nitrogen and oxygen atoms in total. The smallest absolute Gasteiger partial charge is 0.255 e. The van der Waals surface area contributed by atoms with E-state index in [0.717, 1.165) is 0 Å². The zero-order valence-corrected chi connectivity index (χ0v) is 21.4. The van der Waals surface area contributed by atoms with Gasteiger partial charge in [-0.1, -0.05) is 36.4 Å². The number of aldehydes is 1. The van der Waals surface area contributed by atoms with E-state index in [1.165, 1.54) is 31.1 Å². The standard InChI is InChI=1S/C29H26N2O9/c1-31(2)22-21-24(35)18-15(10-12-5-3-6-13(9-12)11-32)14-7-4-8-16(33)17(14)23(34)19(18)26(37)29(21,40)27(38)20(25(22)36)28(30)39/h3-11,18,21-22,24,33-35,38,40H,1-2H3,(H2,30,39)/b15-10+/t18-,21-,22+,24+,29+/m1/s1. The number of hydrogen-bond acceptors (Lipinski definition) is 10. The quantitative estimate of drug-likeness (QED) is 0.235. The third-order valence-corrected chi connectivity index (χ3v) is 7.90. The number of primary amides is 1. The highest BCUT2D eigenvalue weighted by Gasteiger charge is 2.68. The highest BCUT2D eigenvalue weighted by Crippen LogP contribution is 2.56. The number of ketones is 2. The van der Waals surface area contributed by atoms with Gasteiger partial charge in [-0.25, -0.2) is 0 Å². The molecule has 0 saturated heterocycles. The molecule has 11 heteroatoms. The maximum atomic E-state index is 14.1. The first-order chi connectivity index (χ1) is 18.9. The van der Waals surface area contributed by atoms with Gasteiger partial charge in [0.05, 0.1) is 29.2 Å². The molecule has 1 amide bonds. The molecule has 1 fully saturated rings. The van der Waals surface area contributed by atoms with Crippen LogP contribution in [-0.4, -0.2) is 86.0 Å². The maximum Gasteiger partial charge on any atom is 0.255 e. The van der Waals surface area contributed by atoms with E-state index in [-0.39, 0.29) is 16.7 Å². The van der Waals surface area contributed by atoms with Crippen molar-refractivity contribution in [2.45, 2.75) is 17.7 Å². The van der Waals surface area contributed by atoms with Crippen LogP contribution in [0.2, 0.25) is 0 Å². The Morgan fingerprint density at radius 1 is 1.05 bits per heavy atom. The van der Waals surface area contributed by atoms with Gasteiger partial charge in [-0.3, -0.25) is 24.1 Å². The van der Waals surface area contributed by atoms with Crippen molar-refractivity contribution in [1.29, 1.82) is 0 Å². The minimum absolute atomic E-state index is 0.163. The second-order valence-corrected chi connectivity index (χ2v) is 10.3. The number of Topliss-reactive ketones (excluding diaryl/α,β-unsaturated/α-hetero) is 2. The lowest BCUT2D eigenvalue weighted by atomic mass is 9.55. The molecule has 7 N–H and O–H groups in total. The number of carbonyl (C=O) groups is 4. The molecule has 2 aromatic rings. The number of aliphatic hydroxyl groups is 4. The van der Waals surface area contributed by atoms with Crippen LogP contribution >= 0.6 is 0 Å². The molecular weight excluding hydrogens is 520 g/mol. The molecule has 40 heavy (non-hydrogen) atoms. The predicted molar refractivity (Wildman–Crippen MR) is 142 cm³/mol. The van der Waals surface area contributed by atoms with E-state index in [9.17, 15) is 44.7 Å². The number of fused-ring (bicyclic) bond motifs is 3. The number of amides is 1. The highest BCUT2D eigenvalue weighted by atomic mass is 16.4. The van der Waals surface area contributed by atoms with E-state index in [1.807, 2.05) is 0 Å². The molecule has 3 aliphatic rings. The van der Waals surface area contributed by atoms with Crippen LogP contribution in [0.3, 0.4) is 0 Å². The largest absolute Gasteiger partial charge is 0.508 e. The van der Waals surface area contributed by atoms with E-state index in [1.54, 1.807) is 36.4 Å². The molecule has 0 aromatic heterocycles. The summed E-state index contributed by atoms with van der Waals surface area (Å²) in [7, 11) is 2.86. The Morgan fingerprint density at radius 2 is 1.70 bits per heavy atom. The van der Waals surface area contributed by atoms with Crippen molar-refractivity contribution < 1.29 is 44.7 Å². The summed E-state index contributed by atoms with van der Waals surface area (Å²) in [5.41, 5.74) is 1.94. The average molecular weight is 547 g/mol. The van der Waals surface area contributed by atoms with Crippen molar-refractivity contribution in [2.75, 3.05) is 14.1 Å². The van der Waals surface area contributed by atoms with E-state index < -0.39 is 75.5 Å². The number of nitrogens with zero attached hydrogens (tertiary/aromatic N) is 1. The van der Waals surface area contributed by atoms with Crippen LogP contribution in [0.1, 0.15) is 27.0 Å². The monoisotopic (exact) mass is 546 g/mol. The van der Waals surface area contributed by atoms with Crippen molar-refractivity contribution in [3.8, 4) is 5.75 Å². The molecular formula is C29H26N2O9. The summed E-state index contributed by atoms with van der Waals surface area (Å²) in [5.74, 6) is -9.18. The Labute approximate surface area is 227 Å². The molecule has 206 valence electrons. The molecule has 5 atom stereocenters. The minimum atomic E-state index is -3.02. The first kappa shape index (κ1) is 27.0. The van der Waals surface area contributed by atoms with Crippen LogP contribution < -0.4 is 5.73 Å². The minimum Gasteiger partial charge on any atom is -0.508 e. The Morgan fingerprint density at radius 3 is 2.33 bits per heavy atom. The molecule has 0 aliphatic heterocycles. The summed E-state index contributed by atoms with van der Waals surface area (Å²) in [6.45, 7) is 0. The van der Waals surface area contributed by atoms with Crippen LogP contribution in [0.15, 0.2) is 59.4 Å². The number of phenolic OH excluding ortho intramolecular Hbond substituents is 1. The fourth-order valence-corrected chi connectivity index (χ4v) is 6.21. The van der Waals surface area contributed by atoms with Gasteiger partial charge in [0.15, 0.2) is 11.4 Å². The summed E-state index contributed by atoms with van der Waals surface area (Å²) in [4.78, 5) is 52.3. The molecule has 0 bridgehead atoms. The van der Waals surface area contributed by atoms with Gasteiger partial charge in [0, 0.05) is 11.5 Å². The van der Waals surface area contributed by atoms with E-state index in [2.05, 4.69) is 0 Å². The first-order valence-electron chi connectivity index (χ1n) is 12.3. The lowest BCUT2D eigenvalue weighted by molar-refractivity contribution is -0.166. The lowest BCUT2D eigenvalue weighted by Gasteiger charge is -2.53. The molecule has 0 spiro atoms. The van der Waals surface area contributed by atoms with Gasteiger partial charge in [-0.05, 0) is 42.9 Å². The van der Waals surface area contributed by atoms with Gasteiger partial charge in [0.1, 0.15) is 29.1 Å². The third-order valence-electron chi connectivity index (χ3n) is 7.90. The number of phenols is 1. The number of rotatable bonds is 4. The molecule has 5 rings (SSSR count). The van der Waals surface area contributed by atoms with Gasteiger partial charge in [-0.15, -0.1) is 0 Å². The lowest BCUT2D eigenvalue weighted by Crippen LogP contribution is -2.70. The summed E-state index contributed by atoms with van der Waals surface area (Å²) in [6.07, 6.45) is 0.409. The number of aromatic hydroxyl groups is 1. The van der Waals surface area contributed by atoms with Crippen LogP contribution in [0, 0.1) is 11.8 Å². The topological polar surface area (TPSA) is 199 Å². The number of hydrogen-bond donors (Lipinski definition) is 6. The zero-order chi connectivity index (χ0) is 29.3. The molecule has 0 heterocycles. The van der Waals surface area contributed by atoms with Gasteiger partial charge in [-0.2, -0.15) is 0 Å². The summed E-state index contributed by atoms with van der Waals surface area (Å²) in [5, 5.41) is 56.7. The van der Waals surface area contributed by atoms with Crippen molar-refractivity contribution in [2.24, 2.45) is 17.6 Å². The van der Waals surface area contributed by atoms with Crippen LogP contribution in [-0.2, 0) is 14.4 Å². The summed E-state index contributed by atoms with van der Waals surface area (Å²) in [6, 6.07) is 9.24. The van der Waals surface area contributed by atoms with Crippen molar-refractivity contribution >= 4 is 41.2 Å². The van der Waals surface area contributed by atoms with Gasteiger partial charge < -0.3 is 31.3 Å². The second-order valence-electron chi connectivity index (χ2n) is 10.3. The molecule has 3 aliphatic carbocycles. The zero-order valence-electron chi connectivity index (χ0n) is 21.4. The van der Waals surface area contributed by atoms with Gasteiger partial charge >= 0.3 is 0 Å². The summed E-state index contributed by atoms with van der Waals surface area (Å²) >= 11 is 0. The maximum absolute atomic E-state index is 14.1. The normalized spacial score (nSPS) is 28.9. The first-order valence-corrected chi connectivity index (χ1v) is 12.3. The highest BCUT2D eigenvalue weighted by molar-refractivity contribution is 6.25. The fraction of sp³-hybridized carbons (Fsp3) is 0.241. The fourth-order valence-electron chi connectivity index (χ4n) is 6.21. The van der Waals surface area contributed by atoms with Gasteiger partial charge in [0.2, 0.25) is 5.78 Å². The van der Waals surface area contributed by atoms with Crippen molar-refractivity contribution in [3.05, 3.63) is 81.6 Å². The van der Waals surface area contributed by atoms with Crippen LogP contribution in [0.25, 0.3) is 17.4 Å². The molecule has 0 unspecified atom stereocenters. The Bertz CT molecular complexity index is 1600. The van der Waals surface area contributed by atoms with E-state index in [0.29, 0.717) is 17.4 Å². The average Bonchev–Trinajstić information content (AvgIpc) is 2.90. The van der Waals surface area contributed by atoms with E-state index in [4.69, 9.17) is 5.73 Å². The SMILES string of the molecule is CN(C)[C@@H]1C(=O)C(C(N)=O)=C(O)[C@@]2(O)C(=O)C3=C(O)c4c(O)cccc4/C(=C\c4cccc(C=O)c4)[C@H]3[C@H](O)[C@@H]12. The number of carbonyl (C=O) groups excluding carboxylic acids is 4. The van der Waals surface area contributed by atoms with Crippen LogP contribution in [0.5, 0.6) is 5.75 Å². The van der Waals surface area contributed by atoms with E-state index >= 15 is 0 Å². The number of aliphatic hydroxyl groups excluding tert-OH is 3. The molecule has 1 saturated carbocycles. The number of likely N-dealkylation sites (N-methyl/N-ethyl adjacent to an activating group) is 1. The predicted octanol–water partition coefficient (Wildman–Crippen LogP) is 0.745. The summed E-state index contributed by atoms with van der Waals surface area (Å²) < 4.78 is 0. The van der Waals surface area contributed by atoms with Crippen molar-refractivity contribution in [3.63, 3.8) is 0 Å². The Balaban J connectivity index is 1.86. The number of nitrogens with two attached hydrogens (primary N) is 1.